The van der Waals surface area contributed by atoms with Crippen LogP contribution in [0.3, 0.4) is 0 Å². The lowest BCUT2D eigenvalue weighted by Gasteiger charge is -2.05. The number of ketones is 1. The van der Waals surface area contributed by atoms with Crippen molar-refractivity contribution < 1.29 is 23.3 Å². The van der Waals surface area contributed by atoms with E-state index in [-0.39, 0.29) is 18.2 Å². The molecule has 0 saturated heterocycles. The SMILES string of the molecule is Cc1cc(-n2c(C)cc(C(=O)COC(=O)c3ccc(C)o3)c2C)no1. The minimum atomic E-state index is -0.664. The lowest BCUT2D eigenvalue weighted by Crippen LogP contribution is -2.14. The van der Waals surface area contributed by atoms with Gasteiger partial charge >= 0.3 is 5.97 Å². The van der Waals surface area contributed by atoms with Gasteiger partial charge in [-0.15, -0.1) is 0 Å². The number of ether oxygens (including phenoxy) is 1. The predicted molar refractivity (Wildman–Crippen MR) is 88.1 cm³/mol. The molecule has 0 atom stereocenters. The largest absolute Gasteiger partial charge is 0.454 e. The molecule has 0 N–H and O–H groups in total. The maximum absolute atomic E-state index is 12.4. The van der Waals surface area contributed by atoms with Crippen molar-refractivity contribution in [2.45, 2.75) is 27.7 Å². The summed E-state index contributed by atoms with van der Waals surface area (Å²) in [4.78, 5) is 24.3. The molecule has 7 nitrogen and oxygen atoms in total. The molecular weight excluding hydrogens is 324 g/mol. The smallest absolute Gasteiger partial charge is 0.374 e. The predicted octanol–water partition coefficient (Wildman–Crippen LogP) is 3.33. The third kappa shape index (κ3) is 3.26. The Bertz CT molecular complexity index is 945. The summed E-state index contributed by atoms with van der Waals surface area (Å²) in [5.74, 6) is 1.00. The normalized spacial score (nSPS) is 10.9. The number of hydrogen-bond donors (Lipinski definition) is 0. The van der Waals surface area contributed by atoms with Gasteiger partial charge in [-0.05, 0) is 45.9 Å². The molecule has 25 heavy (non-hydrogen) atoms. The summed E-state index contributed by atoms with van der Waals surface area (Å²) in [5, 5.41) is 3.98. The highest BCUT2D eigenvalue weighted by molar-refractivity contribution is 6.00. The zero-order chi connectivity index (χ0) is 18.1. The van der Waals surface area contributed by atoms with E-state index in [0.29, 0.717) is 28.6 Å². The molecule has 0 amide bonds. The molecule has 0 fully saturated rings. The lowest BCUT2D eigenvalue weighted by atomic mass is 10.1. The monoisotopic (exact) mass is 342 g/mol. The fraction of sp³-hybridized carbons (Fsp3) is 0.278. The summed E-state index contributed by atoms with van der Waals surface area (Å²) >= 11 is 0. The Kier molecular flexibility index (Phi) is 4.31. The molecule has 130 valence electrons. The number of carbonyl (C=O) groups excluding carboxylic acids is 2. The number of rotatable bonds is 5. The minimum absolute atomic E-state index is 0.0776. The second kappa shape index (κ2) is 6.43. The summed E-state index contributed by atoms with van der Waals surface area (Å²) in [6.07, 6.45) is 0. The van der Waals surface area contributed by atoms with E-state index in [2.05, 4.69) is 5.16 Å². The van der Waals surface area contributed by atoms with Gasteiger partial charge in [0.1, 0.15) is 11.5 Å². The van der Waals surface area contributed by atoms with Crippen LogP contribution < -0.4 is 0 Å². The standard InChI is InChI=1S/C18H18N2O5/c1-10-7-14(13(4)20(10)17-8-12(3)25-19-17)15(21)9-23-18(22)16-6-5-11(2)24-16/h5-8H,9H2,1-4H3. The van der Waals surface area contributed by atoms with Crippen LogP contribution in [0.2, 0.25) is 0 Å². The number of hydrogen-bond acceptors (Lipinski definition) is 6. The molecule has 0 aliphatic rings. The first kappa shape index (κ1) is 16.8. The van der Waals surface area contributed by atoms with Crippen LogP contribution in [0.1, 0.15) is 43.8 Å². The van der Waals surface area contributed by atoms with Gasteiger partial charge in [-0.2, -0.15) is 0 Å². The van der Waals surface area contributed by atoms with E-state index >= 15 is 0 Å². The summed E-state index contributed by atoms with van der Waals surface area (Å²) in [5.41, 5.74) is 2.02. The molecular formula is C18H18N2O5. The molecule has 0 unspecified atom stereocenters. The zero-order valence-corrected chi connectivity index (χ0v) is 14.5. The maximum atomic E-state index is 12.4. The van der Waals surface area contributed by atoms with Crippen LogP contribution in [-0.4, -0.2) is 28.1 Å². The fourth-order valence-corrected chi connectivity index (χ4v) is 2.68. The van der Waals surface area contributed by atoms with E-state index in [4.69, 9.17) is 13.7 Å². The number of esters is 1. The van der Waals surface area contributed by atoms with E-state index in [1.807, 2.05) is 18.4 Å². The average Bonchev–Trinajstić information content (AvgIpc) is 3.25. The zero-order valence-electron chi connectivity index (χ0n) is 14.5. The molecule has 3 heterocycles. The van der Waals surface area contributed by atoms with Gasteiger partial charge in [-0.1, -0.05) is 5.16 Å². The number of furan rings is 1. The van der Waals surface area contributed by atoms with Gasteiger partial charge in [0.25, 0.3) is 0 Å². The Morgan fingerprint density at radius 2 is 1.88 bits per heavy atom. The Morgan fingerprint density at radius 3 is 2.48 bits per heavy atom. The van der Waals surface area contributed by atoms with Crippen LogP contribution in [0.15, 0.2) is 33.2 Å². The molecule has 0 radical (unpaired) electrons. The van der Waals surface area contributed by atoms with Crippen LogP contribution in [-0.2, 0) is 4.74 Å². The number of aromatic nitrogens is 2. The molecule has 0 aliphatic heterocycles. The highest BCUT2D eigenvalue weighted by Gasteiger charge is 2.20. The van der Waals surface area contributed by atoms with Crippen LogP contribution in [0.5, 0.6) is 0 Å². The minimum Gasteiger partial charge on any atom is -0.454 e. The van der Waals surface area contributed by atoms with Crippen molar-refractivity contribution in [2.75, 3.05) is 6.61 Å². The lowest BCUT2D eigenvalue weighted by molar-refractivity contribution is 0.0442. The van der Waals surface area contributed by atoms with Crippen molar-refractivity contribution >= 4 is 11.8 Å². The topological polar surface area (TPSA) is 87.5 Å². The van der Waals surface area contributed by atoms with Crippen molar-refractivity contribution in [1.82, 2.24) is 9.72 Å². The molecule has 0 bridgehead atoms. The quantitative estimate of drug-likeness (QED) is 0.522. The second-order valence-corrected chi connectivity index (χ2v) is 5.83. The Labute approximate surface area is 144 Å². The fourth-order valence-electron chi connectivity index (χ4n) is 2.68. The molecule has 3 aromatic heterocycles. The van der Waals surface area contributed by atoms with Gasteiger partial charge in [0.2, 0.25) is 11.5 Å². The van der Waals surface area contributed by atoms with E-state index in [9.17, 15) is 9.59 Å². The third-order valence-corrected chi connectivity index (χ3v) is 3.85. The Hall–Kier alpha value is -3.09. The average molecular weight is 342 g/mol. The highest BCUT2D eigenvalue weighted by Crippen LogP contribution is 2.21. The van der Waals surface area contributed by atoms with Gasteiger partial charge in [0, 0.05) is 23.0 Å². The van der Waals surface area contributed by atoms with Crippen molar-refractivity contribution in [3.05, 3.63) is 58.5 Å². The van der Waals surface area contributed by atoms with Crippen molar-refractivity contribution in [2.24, 2.45) is 0 Å². The van der Waals surface area contributed by atoms with Crippen molar-refractivity contribution in [1.29, 1.82) is 0 Å². The van der Waals surface area contributed by atoms with Crippen LogP contribution in [0.25, 0.3) is 5.82 Å². The van der Waals surface area contributed by atoms with E-state index in [1.54, 1.807) is 32.0 Å². The molecule has 0 spiro atoms. The van der Waals surface area contributed by atoms with Gasteiger partial charge in [-0.25, -0.2) is 4.79 Å². The van der Waals surface area contributed by atoms with Crippen LogP contribution >= 0.6 is 0 Å². The molecule has 7 heteroatoms. The molecule has 3 aromatic rings. The molecule has 0 aromatic carbocycles. The van der Waals surface area contributed by atoms with Crippen molar-refractivity contribution in [3.63, 3.8) is 0 Å². The van der Waals surface area contributed by atoms with Gasteiger partial charge in [0.15, 0.2) is 12.4 Å². The Morgan fingerprint density at radius 1 is 1.12 bits per heavy atom. The Balaban J connectivity index is 1.76. The molecule has 0 saturated carbocycles. The van der Waals surface area contributed by atoms with E-state index < -0.39 is 5.97 Å². The number of nitrogens with zero attached hydrogens (tertiary/aromatic N) is 2. The third-order valence-electron chi connectivity index (χ3n) is 3.85. The number of aryl methyl sites for hydroxylation is 3. The molecule has 0 aliphatic carbocycles. The first-order valence-corrected chi connectivity index (χ1v) is 7.76. The summed E-state index contributed by atoms with van der Waals surface area (Å²) in [7, 11) is 0. The van der Waals surface area contributed by atoms with E-state index in [0.717, 1.165) is 5.69 Å². The first-order chi connectivity index (χ1) is 11.9. The first-order valence-electron chi connectivity index (χ1n) is 7.76. The van der Waals surface area contributed by atoms with E-state index in [1.165, 1.54) is 6.07 Å². The van der Waals surface area contributed by atoms with Gasteiger partial charge in [0.05, 0.1) is 0 Å². The summed E-state index contributed by atoms with van der Waals surface area (Å²) in [6.45, 7) is 6.84. The van der Waals surface area contributed by atoms with Crippen LogP contribution in [0.4, 0.5) is 0 Å². The maximum Gasteiger partial charge on any atom is 0.374 e. The van der Waals surface area contributed by atoms with Crippen molar-refractivity contribution in [3.8, 4) is 5.82 Å². The van der Waals surface area contributed by atoms with Gasteiger partial charge < -0.3 is 13.7 Å². The number of Topliss-reactive ketones (excluding diaryl/α,β-unsaturated/α-hetero) is 1. The summed E-state index contributed by atoms with van der Waals surface area (Å²) < 4.78 is 17.1. The van der Waals surface area contributed by atoms with Crippen LogP contribution in [0, 0.1) is 27.7 Å². The highest BCUT2D eigenvalue weighted by atomic mass is 16.5. The van der Waals surface area contributed by atoms with Gasteiger partial charge in [-0.3, -0.25) is 9.36 Å². The summed E-state index contributed by atoms with van der Waals surface area (Å²) in [6, 6.07) is 6.70. The second-order valence-electron chi connectivity index (χ2n) is 5.83. The number of carbonyl (C=O) groups is 2. The molecule has 3 rings (SSSR count).